The Morgan fingerprint density at radius 3 is 2.06 bits per heavy atom. The molecule has 2 N–H and O–H groups in total. The second-order valence-electron chi connectivity index (χ2n) is 5.42. The van der Waals surface area contributed by atoms with E-state index in [1.54, 1.807) is 0 Å². The van der Waals surface area contributed by atoms with Crippen molar-refractivity contribution in [2.75, 3.05) is 18.8 Å². The van der Waals surface area contributed by atoms with Crippen LogP contribution in [0.1, 0.15) is 52.9 Å². The molecular weight excluding hydrogens is 248 g/mol. The number of sulfonamides is 1. The monoisotopic (exact) mass is 276 g/mol. The summed E-state index contributed by atoms with van der Waals surface area (Å²) in [4.78, 5) is 0. The Hall–Kier alpha value is -0.130. The average Bonchev–Trinajstić information content (AvgIpc) is 2.37. The molecule has 1 fully saturated rings. The van der Waals surface area contributed by atoms with Crippen molar-refractivity contribution in [1.29, 1.82) is 0 Å². The van der Waals surface area contributed by atoms with Crippen molar-refractivity contribution in [2.24, 2.45) is 5.92 Å². The van der Waals surface area contributed by atoms with E-state index in [1.165, 1.54) is 0 Å². The minimum atomic E-state index is -3.15. The van der Waals surface area contributed by atoms with E-state index in [-0.39, 0.29) is 11.3 Å². The molecule has 0 bridgehead atoms. The lowest BCUT2D eigenvalue weighted by Gasteiger charge is -2.32. The summed E-state index contributed by atoms with van der Waals surface area (Å²) in [5.41, 5.74) is -0.244. The summed E-state index contributed by atoms with van der Waals surface area (Å²) in [5, 5.41) is 3.27. The molecule has 108 valence electrons. The van der Waals surface area contributed by atoms with E-state index in [4.69, 9.17) is 0 Å². The maximum atomic E-state index is 12.3. The minimum absolute atomic E-state index is 0.244. The minimum Gasteiger partial charge on any atom is -0.317 e. The molecule has 0 amide bonds. The summed E-state index contributed by atoms with van der Waals surface area (Å²) < 4.78 is 27.5. The van der Waals surface area contributed by atoms with Crippen molar-refractivity contribution in [1.82, 2.24) is 10.0 Å². The highest BCUT2D eigenvalue weighted by Gasteiger charge is 2.31. The van der Waals surface area contributed by atoms with Crippen LogP contribution in [0.5, 0.6) is 0 Å². The van der Waals surface area contributed by atoms with Gasteiger partial charge in [-0.25, -0.2) is 13.1 Å². The smallest absolute Gasteiger partial charge is 0.212 e. The van der Waals surface area contributed by atoms with E-state index >= 15 is 0 Å². The Balaban J connectivity index is 2.62. The van der Waals surface area contributed by atoms with Gasteiger partial charge in [0.15, 0.2) is 0 Å². The first kappa shape index (κ1) is 15.9. The molecular formula is C13H28N2O2S. The third-order valence-electron chi connectivity index (χ3n) is 4.32. The number of piperidine rings is 1. The first-order valence-corrected chi connectivity index (χ1v) is 8.84. The average molecular weight is 276 g/mol. The molecule has 18 heavy (non-hydrogen) atoms. The summed E-state index contributed by atoms with van der Waals surface area (Å²) in [5.74, 6) is 0.600. The van der Waals surface area contributed by atoms with E-state index in [1.807, 2.05) is 0 Å². The molecule has 4 nitrogen and oxygen atoms in total. The van der Waals surface area contributed by atoms with Crippen LogP contribution in [0.25, 0.3) is 0 Å². The molecule has 0 spiro atoms. The van der Waals surface area contributed by atoms with E-state index in [0.717, 1.165) is 45.2 Å². The Morgan fingerprint density at radius 2 is 1.61 bits per heavy atom. The molecule has 0 radical (unpaired) electrons. The molecule has 1 aliphatic heterocycles. The van der Waals surface area contributed by atoms with Gasteiger partial charge in [0.25, 0.3) is 0 Å². The molecule has 0 atom stereocenters. The molecule has 0 aromatic carbocycles. The fraction of sp³-hybridized carbons (Fsp3) is 1.00. The number of hydrogen-bond acceptors (Lipinski definition) is 3. The summed E-state index contributed by atoms with van der Waals surface area (Å²) in [6, 6.07) is 0. The van der Waals surface area contributed by atoms with Crippen LogP contribution in [0.2, 0.25) is 0 Å². The predicted molar refractivity (Wildman–Crippen MR) is 76.1 cm³/mol. The van der Waals surface area contributed by atoms with E-state index in [0.29, 0.717) is 5.92 Å². The standard InChI is InChI=1S/C13H28N2O2S/c1-4-13(5-2,6-3)15-18(16,17)11-12-7-9-14-10-8-12/h12,14-15H,4-11H2,1-3H3. The van der Waals surface area contributed by atoms with Gasteiger partial charge in [-0.1, -0.05) is 20.8 Å². The van der Waals surface area contributed by atoms with Crippen LogP contribution in [0.4, 0.5) is 0 Å². The quantitative estimate of drug-likeness (QED) is 0.746. The zero-order valence-electron chi connectivity index (χ0n) is 12.0. The first-order chi connectivity index (χ1) is 8.47. The molecule has 0 saturated carbocycles. The zero-order chi connectivity index (χ0) is 13.6. The fourth-order valence-electron chi connectivity index (χ4n) is 2.70. The molecule has 1 saturated heterocycles. The lowest BCUT2D eigenvalue weighted by Crippen LogP contribution is -2.49. The van der Waals surface area contributed by atoms with Crippen molar-refractivity contribution < 1.29 is 8.42 Å². The number of hydrogen-bond donors (Lipinski definition) is 2. The lowest BCUT2D eigenvalue weighted by atomic mass is 9.91. The van der Waals surface area contributed by atoms with Crippen LogP contribution in [0.3, 0.4) is 0 Å². The lowest BCUT2D eigenvalue weighted by molar-refractivity contribution is 0.337. The topological polar surface area (TPSA) is 58.2 Å². The van der Waals surface area contributed by atoms with Crippen LogP contribution in [-0.4, -0.2) is 32.8 Å². The molecule has 5 heteroatoms. The normalized spacial score (nSPS) is 19.1. The molecule has 0 unspecified atom stereocenters. The first-order valence-electron chi connectivity index (χ1n) is 7.19. The van der Waals surface area contributed by atoms with Gasteiger partial charge in [-0.05, 0) is 51.1 Å². The van der Waals surface area contributed by atoms with Gasteiger partial charge in [0.05, 0.1) is 5.75 Å². The maximum Gasteiger partial charge on any atom is 0.212 e. The second-order valence-corrected chi connectivity index (χ2v) is 7.18. The van der Waals surface area contributed by atoms with Crippen LogP contribution in [-0.2, 0) is 10.0 Å². The molecule has 0 aromatic heterocycles. The molecule has 1 aliphatic rings. The Bertz CT molecular complexity index is 323. The van der Waals surface area contributed by atoms with Crippen molar-refractivity contribution in [3.05, 3.63) is 0 Å². The van der Waals surface area contributed by atoms with E-state index in [9.17, 15) is 8.42 Å². The van der Waals surface area contributed by atoms with Crippen LogP contribution >= 0.6 is 0 Å². The molecule has 1 rings (SSSR count). The highest BCUT2D eigenvalue weighted by atomic mass is 32.2. The molecule has 0 aromatic rings. The summed E-state index contributed by atoms with van der Waals surface area (Å²) in [6.45, 7) is 8.06. The highest BCUT2D eigenvalue weighted by Crippen LogP contribution is 2.22. The van der Waals surface area contributed by atoms with Gasteiger partial charge in [-0.15, -0.1) is 0 Å². The van der Waals surface area contributed by atoms with Crippen molar-refractivity contribution in [3.8, 4) is 0 Å². The molecule has 0 aliphatic carbocycles. The largest absolute Gasteiger partial charge is 0.317 e. The van der Waals surface area contributed by atoms with Crippen molar-refractivity contribution in [3.63, 3.8) is 0 Å². The highest BCUT2D eigenvalue weighted by molar-refractivity contribution is 7.89. The van der Waals surface area contributed by atoms with Gasteiger partial charge in [0.1, 0.15) is 0 Å². The Labute approximate surface area is 112 Å². The Kier molecular flexibility index (Phi) is 6.08. The van der Waals surface area contributed by atoms with Gasteiger partial charge in [-0.2, -0.15) is 0 Å². The summed E-state index contributed by atoms with van der Waals surface area (Å²) in [7, 11) is -3.15. The summed E-state index contributed by atoms with van der Waals surface area (Å²) >= 11 is 0. The fourth-order valence-corrected chi connectivity index (χ4v) is 4.83. The SMILES string of the molecule is CCC(CC)(CC)NS(=O)(=O)CC1CCNCC1. The zero-order valence-corrected chi connectivity index (χ0v) is 12.8. The van der Waals surface area contributed by atoms with Gasteiger partial charge in [-0.3, -0.25) is 0 Å². The third-order valence-corrected chi connectivity index (χ3v) is 5.97. The van der Waals surface area contributed by atoms with Crippen LogP contribution in [0, 0.1) is 5.92 Å². The van der Waals surface area contributed by atoms with Crippen molar-refractivity contribution in [2.45, 2.75) is 58.4 Å². The van der Waals surface area contributed by atoms with Gasteiger partial charge >= 0.3 is 0 Å². The third kappa shape index (κ3) is 4.52. The number of rotatable bonds is 7. The van der Waals surface area contributed by atoms with E-state index in [2.05, 4.69) is 30.8 Å². The van der Waals surface area contributed by atoms with Gasteiger partial charge < -0.3 is 5.32 Å². The van der Waals surface area contributed by atoms with Crippen molar-refractivity contribution >= 4 is 10.0 Å². The predicted octanol–water partition coefficient (Wildman–Crippen LogP) is 1.87. The maximum absolute atomic E-state index is 12.3. The van der Waals surface area contributed by atoms with E-state index < -0.39 is 10.0 Å². The summed E-state index contributed by atoms with van der Waals surface area (Å²) in [6.07, 6.45) is 4.50. The second kappa shape index (κ2) is 6.87. The Morgan fingerprint density at radius 1 is 1.11 bits per heavy atom. The number of nitrogens with one attached hydrogen (secondary N) is 2. The van der Waals surface area contributed by atoms with Crippen LogP contribution < -0.4 is 10.0 Å². The van der Waals surface area contributed by atoms with Gasteiger partial charge in [0, 0.05) is 5.54 Å². The van der Waals surface area contributed by atoms with Crippen LogP contribution in [0.15, 0.2) is 0 Å². The van der Waals surface area contributed by atoms with Gasteiger partial charge in [0.2, 0.25) is 10.0 Å². The molecule has 1 heterocycles.